The third kappa shape index (κ3) is 4.32. The summed E-state index contributed by atoms with van der Waals surface area (Å²) in [5.74, 6) is 4.56. The molecule has 0 aliphatic carbocycles. The van der Waals surface area contributed by atoms with Crippen molar-refractivity contribution in [1.82, 2.24) is 0 Å². The first-order valence-corrected chi connectivity index (χ1v) is 8.59. The smallest absolute Gasteiger partial charge is 0.161 e. The van der Waals surface area contributed by atoms with Crippen LogP contribution >= 0.6 is 11.8 Å². The summed E-state index contributed by atoms with van der Waals surface area (Å²) in [5, 5.41) is 0. The van der Waals surface area contributed by atoms with Crippen molar-refractivity contribution >= 4 is 11.8 Å². The van der Waals surface area contributed by atoms with E-state index in [1.54, 1.807) is 0 Å². The van der Waals surface area contributed by atoms with Gasteiger partial charge in [-0.1, -0.05) is 26.3 Å². The predicted octanol–water partition coefficient (Wildman–Crippen LogP) is 3.63. The van der Waals surface area contributed by atoms with Crippen molar-refractivity contribution < 1.29 is 9.47 Å². The highest BCUT2D eigenvalue weighted by molar-refractivity contribution is 7.99. The summed E-state index contributed by atoms with van der Waals surface area (Å²) < 4.78 is 11.4. The molecule has 1 aliphatic heterocycles. The van der Waals surface area contributed by atoms with Crippen molar-refractivity contribution in [3.05, 3.63) is 23.8 Å². The van der Waals surface area contributed by atoms with Gasteiger partial charge in [-0.2, -0.15) is 11.8 Å². The lowest BCUT2D eigenvalue weighted by atomic mass is 10.1. The zero-order chi connectivity index (χ0) is 14.4. The van der Waals surface area contributed by atoms with Gasteiger partial charge in [-0.15, -0.1) is 0 Å². The first-order chi connectivity index (χ1) is 9.70. The fraction of sp³-hybridized carbons (Fsp3) is 0.625. The van der Waals surface area contributed by atoms with Crippen LogP contribution in [0.25, 0.3) is 0 Å². The molecule has 1 aromatic rings. The molecule has 0 saturated heterocycles. The molecule has 2 atom stereocenters. The highest BCUT2D eigenvalue weighted by atomic mass is 32.2. The largest absolute Gasteiger partial charge is 0.490 e. The lowest BCUT2D eigenvalue weighted by Gasteiger charge is -2.15. The zero-order valence-electron chi connectivity index (χ0n) is 12.4. The average molecular weight is 295 g/mol. The van der Waals surface area contributed by atoms with Crippen molar-refractivity contribution in [3.63, 3.8) is 0 Å². The van der Waals surface area contributed by atoms with Crippen LogP contribution in [0.15, 0.2) is 18.2 Å². The third-order valence-corrected chi connectivity index (χ3v) is 5.00. The Morgan fingerprint density at radius 2 is 1.95 bits per heavy atom. The van der Waals surface area contributed by atoms with Crippen molar-refractivity contribution in [1.29, 1.82) is 0 Å². The maximum absolute atomic E-state index is 6.28. The number of thioether (sulfide) groups is 1. The van der Waals surface area contributed by atoms with Gasteiger partial charge in [0.2, 0.25) is 0 Å². The predicted molar refractivity (Wildman–Crippen MR) is 85.8 cm³/mol. The van der Waals surface area contributed by atoms with Crippen molar-refractivity contribution in [2.24, 2.45) is 11.7 Å². The number of hydrogen-bond donors (Lipinski definition) is 1. The van der Waals surface area contributed by atoms with E-state index in [9.17, 15) is 0 Å². The van der Waals surface area contributed by atoms with Gasteiger partial charge in [0.1, 0.15) is 0 Å². The Bertz CT molecular complexity index is 425. The van der Waals surface area contributed by atoms with E-state index in [4.69, 9.17) is 15.2 Å². The Hall–Kier alpha value is -0.870. The fourth-order valence-electron chi connectivity index (χ4n) is 2.02. The molecule has 2 unspecified atom stereocenters. The minimum atomic E-state index is 0.0567. The standard InChI is InChI=1S/C16H25NO2S/c1-3-12(2)10-20-11-14(17)13-5-6-15-16(9-13)19-8-4-7-18-15/h5-6,9,12,14H,3-4,7-8,10-11,17H2,1-2H3. The lowest BCUT2D eigenvalue weighted by molar-refractivity contribution is 0.297. The van der Waals surface area contributed by atoms with Crippen LogP contribution in [0.3, 0.4) is 0 Å². The molecule has 1 aromatic carbocycles. The third-order valence-electron chi connectivity index (χ3n) is 3.60. The molecule has 2 N–H and O–H groups in total. The number of benzene rings is 1. The van der Waals surface area contributed by atoms with Crippen LogP contribution in [0.5, 0.6) is 11.5 Å². The Balaban J connectivity index is 1.93. The van der Waals surface area contributed by atoms with E-state index >= 15 is 0 Å². The summed E-state index contributed by atoms with van der Waals surface area (Å²) in [7, 11) is 0. The summed E-state index contributed by atoms with van der Waals surface area (Å²) >= 11 is 1.93. The molecule has 0 saturated carbocycles. The summed E-state index contributed by atoms with van der Waals surface area (Å²) in [6.07, 6.45) is 2.16. The molecule has 0 aromatic heterocycles. The monoisotopic (exact) mass is 295 g/mol. The first-order valence-electron chi connectivity index (χ1n) is 7.43. The minimum absolute atomic E-state index is 0.0567. The van der Waals surface area contributed by atoms with E-state index in [2.05, 4.69) is 19.9 Å². The Morgan fingerprint density at radius 3 is 2.70 bits per heavy atom. The van der Waals surface area contributed by atoms with E-state index in [1.165, 1.54) is 12.2 Å². The van der Waals surface area contributed by atoms with Gasteiger partial charge in [0.25, 0.3) is 0 Å². The van der Waals surface area contributed by atoms with Crippen LogP contribution in [0, 0.1) is 5.92 Å². The van der Waals surface area contributed by atoms with Crippen LogP contribution in [-0.4, -0.2) is 24.7 Å². The maximum Gasteiger partial charge on any atom is 0.161 e. The highest BCUT2D eigenvalue weighted by Crippen LogP contribution is 2.32. The molecule has 112 valence electrons. The van der Waals surface area contributed by atoms with Crippen LogP contribution in [-0.2, 0) is 0 Å². The highest BCUT2D eigenvalue weighted by Gasteiger charge is 2.14. The normalized spacial score (nSPS) is 17.4. The topological polar surface area (TPSA) is 44.5 Å². The molecule has 3 nitrogen and oxygen atoms in total. The summed E-state index contributed by atoms with van der Waals surface area (Å²) in [4.78, 5) is 0. The number of rotatable bonds is 6. The van der Waals surface area contributed by atoms with Crippen LogP contribution in [0.1, 0.15) is 38.3 Å². The number of nitrogens with two attached hydrogens (primary N) is 1. The molecule has 20 heavy (non-hydrogen) atoms. The van der Waals surface area contributed by atoms with Gasteiger partial charge in [-0.05, 0) is 29.4 Å². The second-order valence-electron chi connectivity index (χ2n) is 5.41. The van der Waals surface area contributed by atoms with Gasteiger partial charge in [0, 0.05) is 18.2 Å². The molecular weight excluding hydrogens is 270 g/mol. The van der Waals surface area contributed by atoms with E-state index in [0.717, 1.165) is 41.8 Å². The van der Waals surface area contributed by atoms with Crippen molar-refractivity contribution in [2.45, 2.75) is 32.7 Å². The summed E-state index contributed by atoms with van der Waals surface area (Å²) in [6.45, 7) is 5.96. The van der Waals surface area contributed by atoms with E-state index in [1.807, 2.05) is 23.9 Å². The molecule has 1 heterocycles. The fourth-order valence-corrected chi connectivity index (χ4v) is 3.24. The van der Waals surface area contributed by atoms with Gasteiger partial charge in [-0.3, -0.25) is 0 Å². The van der Waals surface area contributed by atoms with Crippen LogP contribution in [0.4, 0.5) is 0 Å². The van der Waals surface area contributed by atoms with Crippen molar-refractivity contribution in [3.8, 4) is 11.5 Å². The zero-order valence-corrected chi connectivity index (χ0v) is 13.2. The molecule has 0 amide bonds. The lowest BCUT2D eigenvalue weighted by Crippen LogP contribution is -2.14. The minimum Gasteiger partial charge on any atom is -0.490 e. The number of fused-ring (bicyclic) bond motifs is 1. The van der Waals surface area contributed by atoms with Gasteiger partial charge in [0.15, 0.2) is 11.5 Å². The van der Waals surface area contributed by atoms with Crippen LogP contribution < -0.4 is 15.2 Å². The molecule has 0 radical (unpaired) electrons. The molecule has 1 aliphatic rings. The van der Waals surface area contributed by atoms with Gasteiger partial charge >= 0.3 is 0 Å². The van der Waals surface area contributed by atoms with Crippen LogP contribution in [0.2, 0.25) is 0 Å². The second-order valence-corrected chi connectivity index (χ2v) is 6.49. The van der Waals surface area contributed by atoms with Gasteiger partial charge < -0.3 is 15.2 Å². The van der Waals surface area contributed by atoms with E-state index in [-0.39, 0.29) is 6.04 Å². The molecule has 2 rings (SSSR count). The van der Waals surface area contributed by atoms with Crippen molar-refractivity contribution in [2.75, 3.05) is 24.7 Å². The summed E-state index contributed by atoms with van der Waals surface area (Å²) in [6, 6.07) is 6.13. The van der Waals surface area contributed by atoms with E-state index < -0.39 is 0 Å². The quantitative estimate of drug-likeness (QED) is 0.870. The SMILES string of the molecule is CCC(C)CSCC(N)c1ccc2c(c1)OCCCO2. The molecule has 0 spiro atoms. The second kappa shape index (κ2) is 7.79. The summed E-state index contributed by atoms with van der Waals surface area (Å²) in [5.41, 5.74) is 7.41. The molecule has 4 heteroatoms. The molecule has 0 bridgehead atoms. The van der Waals surface area contributed by atoms with Gasteiger partial charge in [-0.25, -0.2) is 0 Å². The Labute approximate surface area is 126 Å². The molecule has 0 fully saturated rings. The van der Waals surface area contributed by atoms with E-state index in [0.29, 0.717) is 6.61 Å². The Kier molecular flexibility index (Phi) is 6.05. The van der Waals surface area contributed by atoms with Gasteiger partial charge in [0.05, 0.1) is 13.2 Å². The number of ether oxygens (including phenoxy) is 2. The molecular formula is C16H25NO2S. The average Bonchev–Trinajstić information content (AvgIpc) is 2.71. The maximum atomic E-state index is 6.28. The first kappa shape index (κ1) is 15.5. The Morgan fingerprint density at radius 1 is 1.20 bits per heavy atom. The number of hydrogen-bond acceptors (Lipinski definition) is 4.